The zero-order valence-corrected chi connectivity index (χ0v) is 12.1. The van der Waals surface area contributed by atoms with E-state index >= 15 is 0 Å². The third kappa shape index (κ3) is 2.05. The first-order valence-corrected chi connectivity index (χ1v) is 6.87. The Labute approximate surface area is 125 Å². The molecule has 0 aliphatic carbocycles. The highest BCUT2D eigenvalue weighted by atomic mass is 35.5. The van der Waals surface area contributed by atoms with Gasteiger partial charge in [-0.3, -0.25) is 4.57 Å². The minimum atomic E-state index is -0.400. The molecule has 2 heterocycles. The van der Waals surface area contributed by atoms with Crippen molar-refractivity contribution in [2.75, 3.05) is 0 Å². The van der Waals surface area contributed by atoms with E-state index in [-0.39, 0.29) is 5.88 Å². The second-order valence-electron chi connectivity index (χ2n) is 4.39. The van der Waals surface area contributed by atoms with E-state index < -0.39 is 5.82 Å². The van der Waals surface area contributed by atoms with Crippen molar-refractivity contribution < 1.29 is 4.39 Å². The number of imidazole rings is 1. The molecule has 3 aromatic rings. The Kier molecular flexibility index (Phi) is 3.36. The van der Waals surface area contributed by atoms with Crippen molar-refractivity contribution in [3.8, 4) is 5.69 Å². The third-order valence-electron chi connectivity index (χ3n) is 3.09. The molecule has 20 heavy (non-hydrogen) atoms. The van der Waals surface area contributed by atoms with E-state index in [2.05, 4.69) is 9.97 Å². The largest absolute Gasteiger partial charge is 0.277 e. The van der Waals surface area contributed by atoms with Crippen molar-refractivity contribution >= 4 is 34.4 Å². The summed E-state index contributed by atoms with van der Waals surface area (Å²) in [5.74, 6) is 0.287. The van der Waals surface area contributed by atoms with Crippen LogP contribution in [0, 0.1) is 12.7 Å². The number of alkyl halides is 1. The summed E-state index contributed by atoms with van der Waals surface area (Å²) in [7, 11) is 0. The minimum Gasteiger partial charge on any atom is -0.277 e. The summed E-state index contributed by atoms with van der Waals surface area (Å²) in [5.41, 5.74) is 2.54. The predicted molar refractivity (Wildman–Crippen MR) is 78.1 cm³/mol. The van der Waals surface area contributed by atoms with Crippen LogP contribution in [0.25, 0.3) is 16.9 Å². The monoisotopic (exact) mass is 309 g/mol. The molecule has 2 aromatic heterocycles. The van der Waals surface area contributed by atoms with Gasteiger partial charge in [0.1, 0.15) is 17.2 Å². The van der Waals surface area contributed by atoms with Gasteiger partial charge in [-0.2, -0.15) is 0 Å². The lowest BCUT2D eigenvalue weighted by molar-refractivity contribution is 0.617. The number of pyridine rings is 1. The number of fused-ring (bicyclic) bond motifs is 1. The van der Waals surface area contributed by atoms with Gasteiger partial charge in [-0.05, 0) is 36.8 Å². The number of aryl methyl sites for hydroxylation is 1. The summed E-state index contributed by atoms with van der Waals surface area (Å²) >= 11 is 11.9. The van der Waals surface area contributed by atoms with Crippen molar-refractivity contribution in [1.82, 2.24) is 14.5 Å². The SMILES string of the molecule is Cc1ccnc2c1nc(CCl)n2-c1cc(Cl)ccc1F. The van der Waals surface area contributed by atoms with Crippen LogP contribution in [0.3, 0.4) is 0 Å². The molecule has 0 N–H and O–H groups in total. The van der Waals surface area contributed by atoms with E-state index in [0.29, 0.717) is 27.7 Å². The maximum Gasteiger partial charge on any atom is 0.165 e. The van der Waals surface area contributed by atoms with E-state index in [1.807, 2.05) is 13.0 Å². The number of halogens is 3. The fourth-order valence-corrected chi connectivity index (χ4v) is 2.48. The third-order valence-corrected chi connectivity index (χ3v) is 3.56. The quantitative estimate of drug-likeness (QED) is 0.662. The van der Waals surface area contributed by atoms with E-state index in [1.165, 1.54) is 18.2 Å². The normalized spacial score (nSPS) is 11.2. The molecule has 1 aromatic carbocycles. The van der Waals surface area contributed by atoms with Gasteiger partial charge in [-0.1, -0.05) is 11.6 Å². The second kappa shape index (κ2) is 5.04. The highest BCUT2D eigenvalue weighted by molar-refractivity contribution is 6.30. The Morgan fingerprint density at radius 1 is 1.30 bits per heavy atom. The zero-order chi connectivity index (χ0) is 14.3. The molecular formula is C14H10Cl2FN3. The van der Waals surface area contributed by atoms with Crippen LogP contribution in [0.1, 0.15) is 11.4 Å². The minimum absolute atomic E-state index is 0.155. The molecule has 0 aliphatic rings. The molecule has 0 amide bonds. The van der Waals surface area contributed by atoms with Crippen LogP contribution in [0.2, 0.25) is 5.02 Å². The Hall–Kier alpha value is -1.65. The molecule has 0 atom stereocenters. The highest BCUT2D eigenvalue weighted by Crippen LogP contribution is 2.26. The van der Waals surface area contributed by atoms with E-state index in [4.69, 9.17) is 23.2 Å². The Morgan fingerprint density at radius 2 is 2.10 bits per heavy atom. The van der Waals surface area contributed by atoms with E-state index in [1.54, 1.807) is 10.8 Å². The molecule has 0 saturated heterocycles. The first-order valence-electron chi connectivity index (χ1n) is 5.96. The highest BCUT2D eigenvalue weighted by Gasteiger charge is 2.17. The van der Waals surface area contributed by atoms with E-state index in [0.717, 1.165) is 5.56 Å². The van der Waals surface area contributed by atoms with Crippen LogP contribution in [0.4, 0.5) is 4.39 Å². The lowest BCUT2D eigenvalue weighted by Gasteiger charge is -2.08. The smallest absolute Gasteiger partial charge is 0.165 e. The summed E-state index contributed by atoms with van der Waals surface area (Å²) in [6.07, 6.45) is 1.66. The number of aromatic nitrogens is 3. The Balaban J connectivity index is 2.40. The van der Waals surface area contributed by atoms with Crippen molar-refractivity contribution in [3.63, 3.8) is 0 Å². The summed E-state index contributed by atoms with van der Waals surface area (Å²) in [5, 5.41) is 0.441. The summed E-state index contributed by atoms with van der Waals surface area (Å²) in [4.78, 5) is 8.73. The molecule has 102 valence electrons. The van der Waals surface area contributed by atoms with Crippen LogP contribution in [0.15, 0.2) is 30.5 Å². The van der Waals surface area contributed by atoms with E-state index in [9.17, 15) is 4.39 Å². The molecule has 0 unspecified atom stereocenters. The summed E-state index contributed by atoms with van der Waals surface area (Å²) < 4.78 is 15.7. The maximum atomic E-state index is 14.1. The molecule has 3 rings (SSSR count). The van der Waals surface area contributed by atoms with Gasteiger partial charge in [0, 0.05) is 11.2 Å². The number of nitrogens with zero attached hydrogens (tertiary/aromatic N) is 3. The van der Waals surface area contributed by atoms with Crippen molar-refractivity contribution in [2.45, 2.75) is 12.8 Å². The molecule has 0 saturated carbocycles. The maximum absolute atomic E-state index is 14.1. The molecule has 0 bridgehead atoms. The van der Waals surface area contributed by atoms with Gasteiger partial charge in [0.05, 0.1) is 11.6 Å². The van der Waals surface area contributed by atoms with Gasteiger partial charge in [0.15, 0.2) is 5.65 Å². The van der Waals surface area contributed by atoms with Gasteiger partial charge in [0.2, 0.25) is 0 Å². The van der Waals surface area contributed by atoms with Gasteiger partial charge in [0.25, 0.3) is 0 Å². The second-order valence-corrected chi connectivity index (χ2v) is 5.10. The van der Waals surface area contributed by atoms with Crippen molar-refractivity contribution in [3.05, 3.63) is 52.7 Å². The van der Waals surface area contributed by atoms with Crippen LogP contribution < -0.4 is 0 Å². The van der Waals surface area contributed by atoms with Gasteiger partial charge in [-0.15, -0.1) is 11.6 Å². The molecule has 0 fully saturated rings. The standard InChI is InChI=1S/C14H10Cl2FN3/c1-8-4-5-18-14-13(8)19-12(7-15)20(14)11-6-9(16)2-3-10(11)17/h2-6H,7H2,1H3. The molecule has 0 spiro atoms. The van der Waals surface area contributed by atoms with Crippen LogP contribution in [-0.2, 0) is 5.88 Å². The number of benzene rings is 1. The average Bonchev–Trinajstić information content (AvgIpc) is 2.81. The predicted octanol–water partition coefficient (Wildman–Crippen LogP) is 4.26. The lowest BCUT2D eigenvalue weighted by atomic mass is 10.2. The van der Waals surface area contributed by atoms with Crippen LogP contribution in [-0.4, -0.2) is 14.5 Å². The van der Waals surface area contributed by atoms with Crippen LogP contribution in [0.5, 0.6) is 0 Å². The van der Waals surface area contributed by atoms with Crippen LogP contribution >= 0.6 is 23.2 Å². The summed E-state index contributed by atoms with van der Waals surface area (Å²) in [6, 6.07) is 6.21. The molecule has 0 radical (unpaired) electrons. The zero-order valence-electron chi connectivity index (χ0n) is 10.6. The molecular weight excluding hydrogens is 300 g/mol. The summed E-state index contributed by atoms with van der Waals surface area (Å²) in [6.45, 7) is 1.92. The topological polar surface area (TPSA) is 30.7 Å². The average molecular weight is 310 g/mol. The number of rotatable bonds is 2. The first kappa shape index (κ1) is 13.3. The first-order chi connectivity index (χ1) is 9.61. The van der Waals surface area contributed by atoms with Crippen molar-refractivity contribution in [2.24, 2.45) is 0 Å². The molecule has 3 nitrogen and oxygen atoms in total. The number of hydrogen-bond donors (Lipinski definition) is 0. The molecule has 0 aliphatic heterocycles. The fourth-order valence-electron chi connectivity index (χ4n) is 2.14. The number of hydrogen-bond acceptors (Lipinski definition) is 2. The lowest BCUT2D eigenvalue weighted by Crippen LogP contribution is -2.03. The molecule has 6 heteroatoms. The Morgan fingerprint density at radius 3 is 2.85 bits per heavy atom. The Bertz CT molecular complexity index is 798. The van der Waals surface area contributed by atoms with Gasteiger partial charge < -0.3 is 0 Å². The van der Waals surface area contributed by atoms with Gasteiger partial charge >= 0.3 is 0 Å². The van der Waals surface area contributed by atoms with Gasteiger partial charge in [-0.25, -0.2) is 14.4 Å². The fraction of sp³-hybridized carbons (Fsp3) is 0.143. The van der Waals surface area contributed by atoms with Crippen molar-refractivity contribution in [1.29, 1.82) is 0 Å².